The van der Waals surface area contributed by atoms with Gasteiger partial charge in [-0.25, -0.2) is 4.98 Å². The molecule has 0 bridgehead atoms. The van der Waals surface area contributed by atoms with Crippen LogP contribution in [0.3, 0.4) is 0 Å². The SMILES string of the molecule is CC(C)c1nc(Cc2ccccc2)sc1CCN. The Kier molecular flexibility index (Phi) is 4.50. The zero-order valence-corrected chi connectivity index (χ0v) is 11.8. The van der Waals surface area contributed by atoms with Crippen molar-refractivity contribution in [2.45, 2.75) is 32.6 Å². The summed E-state index contributed by atoms with van der Waals surface area (Å²) in [4.78, 5) is 6.15. The van der Waals surface area contributed by atoms with Gasteiger partial charge in [-0.1, -0.05) is 44.2 Å². The summed E-state index contributed by atoms with van der Waals surface area (Å²) < 4.78 is 0. The second kappa shape index (κ2) is 6.12. The fourth-order valence-corrected chi connectivity index (χ4v) is 3.29. The lowest BCUT2D eigenvalue weighted by Crippen LogP contribution is -2.04. The van der Waals surface area contributed by atoms with E-state index in [2.05, 4.69) is 38.1 Å². The molecule has 0 amide bonds. The topological polar surface area (TPSA) is 38.9 Å². The molecule has 2 aromatic rings. The quantitative estimate of drug-likeness (QED) is 0.895. The molecule has 0 aliphatic rings. The highest BCUT2D eigenvalue weighted by atomic mass is 32.1. The van der Waals surface area contributed by atoms with E-state index in [4.69, 9.17) is 10.7 Å². The highest BCUT2D eigenvalue weighted by Gasteiger charge is 2.13. The maximum absolute atomic E-state index is 5.67. The minimum atomic E-state index is 0.479. The smallest absolute Gasteiger partial charge is 0.0975 e. The largest absolute Gasteiger partial charge is 0.330 e. The first kappa shape index (κ1) is 13.2. The first-order valence-corrected chi connectivity index (χ1v) is 7.24. The van der Waals surface area contributed by atoms with Gasteiger partial charge in [0.1, 0.15) is 0 Å². The molecule has 0 aliphatic heterocycles. The van der Waals surface area contributed by atoms with Crippen LogP contribution in [-0.2, 0) is 12.8 Å². The van der Waals surface area contributed by atoms with E-state index in [9.17, 15) is 0 Å². The van der Waals surface area contributed by atoms with Crippen LogP contribution in [-0.4, -0.2) is 11.5 Å². The second-order valence-electron chi connectivity index (χ2n) is 4.77. The molecule has 3 heteroatoms. The number of hydrogen-bond donors (Lipinski definition) is 1. The molecule has 0 radical (unpaired) electrons. The van der Waals surface area contributed by atoms with Gasteiger partial charge in [0.25, 0.3) is 0 Å². The lowest BCUT2D eigenvalue weighted by Gasteiger charge is -2.02. The van der Waals surface area contributed by atoms with Gasteiger partial charge in [-0.2, -0.15) is 0 Å². The molecule has 18 heavy (non-hydrogen) atoms. The van der Waals surface area contributed by atoms with Crippen LogP contribution in [0.5, 0.6) is 0 Å². The van der Waals surface area contributed by atoms with Gasteiger partial charge < -0.3 is 5.73 Å². The fraction of sp³-hybridized carbons (Fsp3) is 0.400. The summed E-state index contributed by atoms with van der Waals surface area (Å²) in [7, 11) is 0. The summed E-state index contributed by atoms with van der Waals surface area (Å²) in [5, 5.41) is 1.20. The molecule has 1 aromatic heterocycles. The predicted molar refractivity (Wildman–Crippen MR) is 78.2 cm³/mol. The average molecular weight is 260 g/mol. The standard InChI is InChI=1S/C15H20N2S/c1-11(2)15-13(8-9-16)18-14(17-15)10-12-6-4-3-5-7-12/h3-7,11H,8-10,16H2,1-2H3. The summed E-state index contributed by atoms with van der Waals surface area (Å²) in [6, 6.07) is 10.5. The minimum Gasteiger partial charge on any atom is -0.330 e. The third kappa shape index (κ3) is 3.18. The number of rotatable bonds is 5. The molecule has 2 rings (SSSR count). The number of benzene rings is 1. The Labute approximate surface area is 113 Å². The Balaban J connectivity index is 2.21. The second-order valence-corrected chi connectivity index (χ2v) is 5.94. The van der Waals surface area contributed by atoms with Crippen LogP contribution in [0.1, 0.15) is 40.9 Å². The molecular formula is C15H20N2S. The van der Waals surface area contributed by atoms with Crippen LogP contribution in [0.2, 0.25) is 0 Å². The van der Waals surface area contributed by atoms with Crippen molar-refractivity contribution in [3.63, 3.8) is 0 Å². The molecule has 1 heterocycles. The molecule has 0 fully saturated rings. The Hall–Kier alpha value is -1.19. The molecular weight excluding hydrogens is 240 g/mol. The Morgan fingerprint density at radius 3 is 2.56 bits per heavy atom. The average Bonchev–Trinajstić information content (AvgIpc) is 2.74. The predicted octanol–water partition coefficient (Wildman–Crippen LogP) is 3.36. The zero-order chi connectivity index (χ0) is 13.0. The molecule has 2 nitrogen and oxygen atoms in total. The van der Waals surface area contributed by atoms with Gasteiger partial charge in [0, 0.05) is 11.3 Å². The van der Waals surface area contributed by atoms with Crippen LogP contribution in [0, 0.1) is 0 Å². The van der Waals surface area contributed by atoms with E-state index in [0.717, 1.165) is 12.8 Å². The molecule has 0 aliphatic carbocycles. The van der Waals surface area contributed by atoms with E-state index >= 15 is 0 Å². The van der Waals surface area contributed by atoms with E-state index < -0.39 is 0 Å². The van der Waals surface area contributed by atoms with E-state index in [0.29, 0.717) is 12.5 Å². The molecule has 1 aromatic carbocycles. The number of thiazole rings is 1. The molecule has 0 unspecified atom stereocenters. The van der Waals surface area contributed by atoms with Gasteiger partial charge >= 0.3 is 0 Å². The molecule has 0 spiro atoms. The molecule has 0 saturated carbocycles. The molecule has 96 valence electrons. The van der Waals surface area contributed by atoms with Crippen molar-refractivity contribution in [3.05, 3.63) is 51.5 Å². The lowest BCUT2D eigenvalue weighted by atomic mass is 10.1. The first-order chi connectivity index (χ1) is 8.70. The number of aromatic nitrogens is 1. The third-order valence-electron chi connectivity index (χ3n) is 2.89. The third-order valence-corrected chi connectivity index (χ3v) is 4.02. The van der Waals surface area contributed by atoms with Crippen molar-refractivity contribution < 1.29 is 0 Å². The summed E-state index contributed by atoms with van der Waals surface area (Å²) >= 11 is 1.82. The van der Waals surface area contributed by atoms with Gasteiger partial charge in [-0.05, 0) is 24.4 Å². The Morgan fingerprint density at radius 1 is 1.22 bits per heavy atom. The Morgan fingerprint density at radius 2 is 1.94 bits per heavy atom. The highest BCUT2D eigenvalue weighted by molar-refractivity contribution is 7.11. The van der Waals surface area contributed by atoms with Crippen molar-refractivity contribution in [1.29, 1.82) is 0 Å². The summed E-state index contributed by atoms with van der Waals surface area (Å²) in [6.07, 6.45) is 1.87. The van der Waals surface area contributed by atoms with Crippen LogP contribution in [0.15, 0.2) is 30.3 Å². The minimum absolute atomic E-state index is 0.479. The van der Waals surface area contributed by atoms with Crippen LogP contribution < -0.4 is 5.73 Å². The van der Waals surface area contributed by atoms with Crippen LogP contribution in [0.4, 0.5) is 0 Å². The van der Waals surface area contributed by atoms with E-state index in [1.54, 1.807) is 0 Å². The van der Waals surface area contributed by atoms with Gasteiger partial charge in [0.05, 0.1) is 10.7 Å². The molecule has 0 atom stereocenters. The Bertz CT molecular complexity index is 488. The van der Waals surface area contributed by atoms with E-state index in [1.807, 2.05) is 17.4 Å². The monoisotopic (exact) mass is 260 g/mol. The maximum Gasteiger partial charge on any atom is 0.0975 e. The van der Waals surface area contributed by atoms with Gasteiger partial charge in [0.15, 0.2) is 0 Å². The zero-order valence-electron chi connectivity index (χ0n) is 11.0. The van der Waals surface area contributed by atoms with Crippen LogP contribution >= 0.6 is 11.3 Å². The molecule has 2 N–H and O–H groups in total. The van der Waals surface area contributed by atoms with Crippen molar-refractivity contribution in [1.82, 2.24) is 4.98 Å². The van der Waals surface area contributed by atoms with Crippen molar-refractivity contribution >= 4 is 11.3 Å². The summed E-state index contributed by atoms with van der Waals surface area (Å²) in [6.45, 7) is 5.09. The van der Waals surface area contributed by atoms with E-state index in [-0.39, 0.29) is 0 Å². The summed E-state index contributed by atoms with van der Waals surface area (Å²) in [5.74, 6) is 0.479. The summed E-state index contributed by atoms with van der Waals surface area (Å²) in [5.41, 5.74) is 8.22. The van der Waals surface area contributed by atoms with Gasteiger partial charge in [-0.15, -0.1) is 11.3 Å². The lowest BCUT2D eigenvalue weighted by molar-refractivity contribution is 0.802. The number of nitrogens with two attached hydrogens (primary N) is 1. The van der Waals surface area contributed by atoms with Gasteiger partial charge in [-0.3, -0.25) is 0 Å². The van der Waals surface area contributed by atoms with Crippen LogP contribution in [0.25, 0.3) is 0 Å². The highest BCUT2D eigenvalue weighted by Crippen LogP contribution is 2.26. The molecule has 0 saturated heterocycles. The first-order valence-electron chi connectivity index (χ1n) is 6.43. The van der Waals surface area contributed by atoms with Crippen molar-refractivity contribution in [3.8, 4) is 0 Å². The number of hydrogen-bond acceptors (Lipinski definition) is 3. The van der Waals surface area contributed by atoms with Crippen molar-refractivity contribution in [2.24, 2.45) is 5.73 Å². The van der Waals surface area contributed by atoms with Crippen molar-refractivity contribution in [2.75, 3.05) is 6.54 Å². The fourth-order valence-electron chi connectivity index (χ4n) is 2.02. The maximum atomic E-state index is 5.67. The van der Waals surface area contributed by atoms with Gasteiger partial charge in [0.2, 0.25) is 0 Å². The normalized spacial score (nSPS) is 11.1. The van der Waals surface area contributed by atoms with E-state index in [1.165, 1.54) is 21.1 Å². The number of nitrogens with zero attached hydrogens (tertiary/aromatic N) is 1.